The molecular weight excluding hydrogens is 240 g/mol. The molecule has 19 heavy (non-hydrogen) atoms. The summed E-state index contributed by atoms with van der Waals surface area (Å²) in [7, 11) is 0. The number of hydrogen-bond donors (Lipinski definition) is 1. The van der Waals surface area contributed by atoms with Crippen LogP contribution in [0.15, 0.2) is 18.3 Å². The van der Waals surface area contributed by atoms with E-state index >= 15 is 0 Å². The van der Waals surface area contributed by atoms with Gasteiger partial charge in [0.2, 0.25) is 0 Å². The van der Waals surface area contributed by atoms with Gasteiger partial charge in [-0.25, -0.2) is 9.97 Å². The van der Waals surface area contributed by atoms with Crippen molar-refractivity contribution in [1.29, 1.82) is 0 Å². The average Bonchev–Trinajstić information content (AvgIpc) is 2.77. The van der Waals surface area contributed by atoms with Crippen LogP contribution in [0.25, 0.3) is 11.2 Å². The standard InChI is InChI=1S/C14H20N4O/c1-10(2)18-13(8-11-9-15-6-7-19-11)17-12-4-3-5-16-14(12)18/h3-5,10-11,15H,6-9H2,1-2H3. The lowest BCUT2D eigenvalue weighted by atomic mass is 10.2. The molecule has 0 aromatic carbocycles. The van der Waals surface area contributed by atoms with Crippen molar-refractivity contribution in [3.05, 3.63) is 24.2 Å². The highest BCUT2D eigenvalue weighted by atomic mass is 16.5. The first-order valence-corrected chi connectivity index (χ1v) is 6.90. The molecular formula is C14H20N4O. The predicted molar refractivity (Wildman–Crippen MR) is 74.2 cm³/mol. The molecule has 0 spiro atoms. The summed E-state index contributed by atoms with van der Waals surface area (Å²) in [6.07, 6.45) is 2.87. The molecule has 0 bridgehead atoms. The summed E-state index contributed by atoms with van der Waals surface area (Å²) in [5.74, 6) is 1.07. The third-order valence-corrected chi connectivity index (χ3v) is 3.45. The Morgan fingerprint density at radius 3 is 3.16 bits per heavy atom. The fourth-order valence-corrected chi connectivity index (χ4v) is 2.62. The quantitative estimate of drug-likeness (QED) is 0.909. The monoisotopic (exact) mass is 260 g/mol. The molecule has 3 rings (SSSR count). The van der Waals surface area contributed by atoms with E-state index in [2.05, 4.69) is 28.7 Å². The van der Waals surface area contributed by atoms with E-state index in [0.717, 1.165) is 43.1 Å². The average molecular weight is 260 g/mol. The number of ether oxygens (including phenoxy) is 1. The van der Waals surface area contributed by atoms with Crippen LogP contribution in [0.1, 0.15) is 25.7 Å². The maximum absolute atomic E-state index is 5.78. The first-order chi connectivity index (χ1) is 9.25. The molecule has 1 aliphatic heterocycles. The largest absolute Gasteiger partial charge is 0.375 e. The zero-order valence-electron chi connectivity index (χ0n) is 11.5. The lowest BCUT2D eigenvalue weighted by molar-refractivity contribution is 0.0275. The first-order valence-electron chi connectivity index (χ1n) is 6.90. The van der Waals surface area contributed by atoms with Crippen molar-refractivity contribution in [3.63, 3.8) is 0 Å². The molecule has 2 aromatic rings. The van der Waals surface area contributed by atoms with Crippen LogP contribution in [-0.4, -0.2) is 40.3 Å². The van der Waals surface area contributed by atoms with Crippen molar-refractivity contribution in [2.75, 3.05) is 19.7 Å². The summed E-state index contributed by atoms with van der Waals surface area (Å²) in [4.78, 5) is 9.18. The van der Waals surface area contributed by atoms with Gasteiger partial charge in [0, 0.05) is 31.7 Å². The van der Waals surface area contributed by atoms with E-state index in [1.54, 1.807) is 0 Å². The van der Waals surface area contributed by atoms with Crippen molar-refractivity contribution in [2.45, 2.75) is 32.4 Å². The molecule has 1 N–H and O–H groups in total. The Morgan fingerprint density at radius 2 is 2.42 bits per heavy atom. The molecule has 0 amide bonds. The van der Waals surface area contributed by atoms with Gasteiger partial charge in [0.05, 0.1) is 12.7 Å². The van der Waals surface area contributed by atoms with E-state index in [1.165, 1.54) is 0 Å². The smallest absolute Gasteiger partial charge is 0.160 e. The number of hydrogen-bond acceptors (Lipinski definition) is 4. The Morgan fingerprint density at radius 1 is 1.53 bits per heavy atom. The Balaban J connectivity index is 1.95. The maximum Gasteiger partial charge on any atom is 0.160 e. The molecule has 102 valence electrons. The van der Waals surface area contributed by atoms with Crippen molar-refractivity contribution >= 4 is 11.2 Å². The number of nitrogens with zero attached hydrogens (tertiary/aromatic N) is 3. The minimum absolute atomic E-state index is 0.211. The summed E-state index contributed by atoms with van der Waals surface area (Å²) >= 11 is 0. The summed E-state index contributed by atoms with van der Waals surface area (Å²) in [5, 5.41) is 3.36. The van der Waals surface area contributed by atoms with E-state index in [9.17, 15) is 0 Å². The summed E-state index contributed by atoms with van der Waals surface area (Å²) in [5.41, 5.74) is 1.94. The number of fused-ring (bicyclic) bond motifs is 1. The summed E-state index contributed by atoms with van der Waals surface area (Å²) in [6, 6.07) is 4.30. The SMILES string of the molecule is CC(C)n1c(CC2CNCCO2)nc2cccnc21. The van der Waals surface area contributed by atoms with Crippen LogP contribution in [0.4, 0.5) is 0 Å². The highest BCUT2D eigenvalue weighted by Crippen LogP contribution is 2.20. The predicted octanol–water partition coefficient (Wildman–Crippen LogP) is 1.54. The second-order valence-electron chi connectivity index (χ2n) is 5.24. The molecule has 1 atom stereocenters. The molecule has 2 aromatic heterocycles. The molecule has 1 unspecified atom stereocenters. The molecule has 1 aliphatic rings. The minimum Gasteiger partial charge on any atom is -0.375 e. The van der Waals surface area contributed by atoms with Gasteiger partial charge < -0.3 is 14.6 Å². The van der Waals surface area contributed by atoms with Gasteiger partial charge in [0.15, 0.2) is 5.65 Å². The van der Waals surface area contributed by atoms with Crippen LogP contribution in [0.5, 0.6) is 0 Å². The van der Waals surface area contributed by atoms with E-state index < -0.39 is 0 Å². The zero-order valence-corrected chi connectivity index (χ0v) is 11.5. The van der Waals surface area contributed by atoms with Crippen LogP contribution >= 0.6 is 0 Å². The van der Waals surface area contributed by atoms with E-state index in [0.29, 0.717) is 6.04 Å². The zero-order chi connectivity index (χ0) is 13.2. The van der Waals surface area contributed by atoms with Gasteiger partial charge in [-0.2, -0.15) is 0 Å². The molecule has 3 heterocycles. The Kier molecular flexibility index (Phi) is 3.48. The van der Waals surface area contributed by atoms with Crippen molar-refractivity contribution in [3.8, 4) is 0 Å². The van der Waals surface area contributed by atoms with Gasteiger partial charge in [0.25, 0.3) is 0 Å². The van der Waals surface area contributed by atoms with Gasteiger partial charge in [-0.05, 0) is 26.0 Å². The number of nitrogens with one attached hydrogen (secondary N) is 1. The third-order valence-electron chi connectivity index (χ3n) is 3.45. The van der Waals surface area contributed by atoms with Gasteiger partial charge in [-0.15, -0.1) is 0 Å². The maximum atomic E-state index is 5.78. The molecule has 0 aliphatic carbocycles. The van der Waals surface area contributed by atoms with Crippen molar-refractivity contribution in [2.24, 2.45) is 0 Å². The number of imidazole rings is 1. The fourth-order valence-electron chi connectivity index (χ4n) is 2.62. The van der Waals surface area contributed by atoms with Crippen molar-refractivity contribution in [1.82, 2.24) is 19.9 Å². The topological polar surface area (TPSA) is 52.0 Å². The molecule has 1 fully saturated rings. The molecule has 0 saturated carbocycles. The minimum atomic E-state index is 0.211. The third kappa shape index (κ3) is 2.48. The van der Waals surface area contributed by atoms with Crippen LogP contribution < -0.4 is 5.32 Å². The highest BCUT2D eigenvalue weighted by molar-refractivity contribution is 5.71. The molecule has 0 radical (unpaired) electrons. The number of morpholine rings is 1. The van der Waals surface area contributed by atoms with Crippen LogP contribution in [0.3, 0.4) is 0 Å². The van der Waals surface area contributed by atoms with Crippen LogP contribution in [-0.2, 0) is 11.2 Å². The highest BCUT2D eigenvalue weighted by Gasteiger charge is 2.20. The summed E-state index contributed by atoms with van der Waals surface area (Å²) in [6.45, 7) is 6.96. The molecule has 5 heteroatoms. The lowest BCUT2D eigenvalue weighted by Crippen LogP contribution is -2.40. The lowest BCUT2D eigenvalue weighted by Gasteiger charge is -2.24. The van der Waals surface area contributed by atoms with E-state index in [-0.39, 0.29) is 6.10 Å². The normalized spacial score (nSPS) is 20.3. The second kappa shape index (κ2) is 5.27. The van der Waals surface area contributed by atoms with Crippen LogP contribution in [0.2, 0.25) is 0 Å². The Bertz CT molecular complexity index is 558. The van der Waals surface area contributed by atoms with Gasteiger partial charge in [-0.1, -0.05) is 0 Å². The second-order valence-corrected chi connectivity index (χ2v) is 5.24. The summed E-state index contributed by atoms with van der Waals surface area (Å²) < 4.78 is 7.99. The van der Waals surface area contributed by atoms with Gasteiger partial charge >= 0.3 is 0 Å². The van der Waals surface area contributed by atoms with E-state index in [1.807, 2.05) is 18.3 Å². The van der Waals surface area contributed by atoms with E-state index in [4.69, 9.17) is 9.72 Å². The Hall–Kier alpha value is -1.46. The molecule has 1 saturated heterocycles. The Labute approximate surface area is 113 Å². The first kappa shape index (κ1) is 12.6. The van der Waals surface area contributed by atoms with Gasteiger partial charge in [-0.3, -0.25) is 0 Å². The number of pyridine rings is 1. The van der Waals surface area contributed by atoms with Gasteiger partial charge in [0.1, 0.15) is 11.3 Å². The van der Waals surface area contributed by atoms with Crippen LogP contribution in [0, 0.1) is 0 Å². The number of aromatic nitrogens is 3. The fraction of sp³-hybridized carbons (Fsp3) is 0.571. The number of rotatable bonds is 3. The van der Waals surface area contributed by atoms with Crippen molar-refractivity contribution < 1.29 is 4.74 Å². The molecule has 5 nitrogen and oxygen atoms in total.